The lowest BCUT2D eigenvalue weighted by molar-refractivity contribution is 0.383. The highest BCUT2D eigenvalue weighted by Gasteiger charge is 2.30. The second kappa shape index (κ2) is 6.21. The molecule has 1 aliphatic heterocycles. The van der Waals surface area contributed by atoms with Crippen LogP contribution in [0.25, 0.3) is 0 Å². The van der Waals surface area contributed by atoms with E-state index in [1.807, 2.05) is 4.90 Å². The molecule has 1 saturated heterocycles. The van der Waals surface area contributed by atoms with Crippen LogP contribution in [-0.2, 0) is 10.0 Å². The first-order valence-electron chi connectivity index (χ1n) is 7.26. The highest BCUT2D eigenvalue weighted by molar-refractivity contribution is 7.89. The van der Waals surface area contributed by atoms with Gasteiger partial charge in [-0.1, -0.05) is 0 Å². The molecule has 0 atom stereocenters. The molecule has 0 radical (unpaired) electrons. The fourth-order valence-corrected chi connectivity index (χ4v) is 4.28. The van der Waals surface area contributed by atoms with Gasteiger partial charge < -0.3 is 4.90 Å². The third kappa shape index (κ3) is 3.18. The minimum absolute atomic E-state index is 0.159. The van der Waals surface area contributed by atoms with Gasteiger partial charge in [0.1, 0.15) is 11.6 Å². The molecule has 0 bridgehead atoms. The maximum atomic E-state index is 13.2. The Hall–Kier alpha value is -2.06. The fourth-order valence-electron chi connectivity index (χ4n) is 2.65. The van der Waals surface area contributed by atoms with Crippen molar-refractivity contribution in [2.75, 3.05) is 31.1 Å². The summed E-state index contributed by atoms with van der Waals surface area (Å²) in [5.74, 6) is 0.302. The summed E-state index contributed by atoms with van der Waals surface area (Å²) in [7, 11) is -3.61. The number of sulfonamides is 1. The number of hydrogen-bond donors (Lipinski definition) is 0. The van der Waals surface area contributed by atoms with Crippen LogP contribution >= 0.6 is 0 Å². The predicted octanol–water partition coefficient (Wildman–Crippen LogP) is 1.44. The number of rotatable bonds is 3. The van der Waals surface area contributed by atoms with E-state index >= 15 is 0 Å². The largest absolute Gasteiger partial charge is 0.353 e. The molecule has 0 aliphatic carbocycles. The zero-order valence-electron chi connectivity index (χ0n) is 12.7. The van der Waals surface area contributed by atoms with Gasteiger partial charge in [-0.25, -0.2) is 17.8 Å². The van der Waals surface area contributed by atoms with Crippen molar-refractivity contribution in [1.82, 2.24) is 14.3 Å². The Morgan fingerprint density at radius 1 is 1.13 bits per heavy atom. The Morgan fingerprint density at radius 2 is 1.87 bits per heavy atom. The number of hydrogen-bond acceptors (Lipinski definition) is 5. The van der Waals surface area contributed by atoms with Crippen molar-refractivity contribution in [2.45, 2.75) is 11.8 Å². The second-order valence-electron chi connectivity index (χ2n) is 5.36. The summed E-state index contributed by atoms with van der Waals surface area (Å²) in [6, 6.07) is 3.74. The van der Waals surface area contributed by atoms with E-state index in [9.17, 15) is 12.8 Å². The molecule has 1 fully saturated rings. The molecule has 0 spiro atoms. The van der Waals surface area contributed by atoms with Crippen LogP contribution in [-0.4, -0.2) is 48.9 Å². The molecule has 2 heterocycles. The molecule has 1 aromatic carbocycles. The summed E-state index contributed by atoms with van der Waals surface area (Å²) in [4.78, 5) is 10.4. The first kappa shape index (κ1) is 15.8. The van der Waals surface area contributed by atoms with Gasteiger partial charge in [-0.3, -0.25) is 4.98 Å². The van der Waals surface area contributed by atoms with E-state index in [0.717, 1.165) is 5.82 Å². The van der Waals surface area contributed by atoms with Gasteiger partial charge in [0.2, 0.25) is 10.0 Å². The number of halogens is 1. The summed E-state index contributed by atoms with van der Waals surface area (Å²) in [6.45, 7) is 3.40. The zero-order valence-corrected chi connectivity index (χ0v) is 13.5. The van der Waals surface area contributed by atoms with E-state index < -0.39 is 15.8 Å². The first-order chi connectivity index (χ1) is 11.0. The quantitative estimate of drug-likeness (QED) is 0.848. The van der Waals surface area contributed by atoms with Gasteiger partial charge in [0, 0.05) is 38.6 Å². The van der Waals surface area contributed by atoms with Crippen molar-refractivity contribution < 1.29 is 12.8 Å². The lowest BCUT2D eigenvalue weighted by Crippen LogP contribution is -2.49. The van der Waals surface area contributed by atoms with Crippen molar-refractivity contribution in [3.05, 3.63) is 48.2 Å². The van der Waals surface area contributed by atoms with Crippen LogP contribution in [0.1, 0.15) is 5.56 Å². The van der Waals surface area contributed by atoms with Crippen molar-refractivity contribution >= 4 is 15.8 Å². The summed E-state index contributed by atoms with van der Waals surface area (Å²) in [5, 5.41) is 0. The molecular weight excluding hydrogens is 319 g/mol. The third-order valence-corrected chi connectivity index (χ3v) is 5.93. The molecule has 23 heavy (non-hydrogen) atoms. The molecule has 0 saturated carbocycles. The maximum absolute atomic E-state index is 13.2. The average molecular weight is 336 g/mol. The molecular formula is C15H17FN4O2S. The van der Waals surface area contributed by atoms with E-state index in [0.29, 0.717) is 31.7 Å². The molecule has 1 aliphatic rings. The summed E-state index contributed by atoms with van der Waals surface area (Å²) >= 11 is 0. The highest BCUT2D eigenvalue weighted by atomic mass is 32.2. The summed E-state index contributed by atoms with van der Waals surface area (Å²) in [6.07, 6.45) is 4.87. The van der Waals surface area contributed by atoms with Gasteiger partial charge in [-0.15, -0.1) is 0 Å². The molecule has 122 valence electrons. The van der Waals surface area contributed by atoms with E-state index in [-0.39, 0.29) is 4.90 Å². The minimum atomic E-state index is -3.61. The molecule has 8 heteroatoms. The number of benzene rings is 1. The van der Waals surface area contributed by atoms with Gasteiger partial charge in [-0.05, 0) is 30.7 Å². The monoisotopic (exact) mass is 336 g/mol. The molecule has 1 aromatic heterocycles. The Morgan fingerprint density at radius 3 is 2.48 bits per heavy atom. The van der Waals surface area contributed by atoms with Crippen molar-refractivity contribution in [3.63, 3.8) is 0 Å². The average Bonchev–Trinajstić information content (AvgIpc) is 2.55. The standard InChI is InChI=1S/C15H17FN4O2S/c1-12-10-13(16)2-3-14(12)23(21,22)20-8-6-19(7-9-20)15-11-17-4-5-18-15/h2-5,10-11H,6-9H2,1H3. The van der Waals surface area contributed by atoms with E-state index in [1.165, 1.54) is 22.5 Å². The minimum Gasteiger partial charge on any atom is -0.353 e. The molecule has 2 aromatic rings. The van der Waals surface area contributed by atoms with Gasteiger partial charge in [0.15, 0.2) is 0 Å². The number of aromatic nitrogens is 2. The smallest absolute Gasteiger partial charge is 0.243 e. The maximum Gasteiger partial charge on any atom is 0.243 e. The van der Waals surface area contributed by atoms with E-state index in [1.54, 1.807) is 25.5 Å². The Balaban J connectivity index is 1.76. The van der Waals surface area contributed by atoms with Crippen molar-refractivity contribution in [2.24, 2.45) is 0 Å². The molecule has 0 N–H and O–H groups in total. The van der Waals surface area contributed by atoms with Crippen molar-refractivity contribution in [1.29, 1.82) is 0 Å². The van der Waals surface area contributed by atoms with Gasteiger partial charge >= 0.3 is 0 Å². The highest BCUT2D eigenvalue weighted by Crippen LogP contribution is 2.22. The van der Waals surface area contributed by atoms with E-state index in [4.69, 9.17) is 0 Å². The normalized spacial score (nSPS) is 16.5. The molecule has 0 unspecified atom stereocenters. The Labute approximate surface area is 134 Å². The number of nitrogens with zero attached hydrogens (tertiary/aromatic N) is 4. The zero-order chi connectivity index (χ0) is 16.4. The SMILES string of the molecule is Cc1cc(F)ccc1S(=O)(=O)N1CCN(c2cnccn2)CC1. The van der Waals surface area contributed by atoms with E-state index in [2.05, 4.69) is 9.97 Å². The van der Waals surface area contributed by atoms with Crippen LogP contribution in [0.3, 0.4) is 0 Å². The molecule has 6 nitrogen and oxygen atoms in total. The lowest BCUT2D eigenvalue weighted by Gasteiger charge is -2.34. The Kier molecular flexibility index (Phi) is 4.27. The van der Waals surface area contributed by atoms with Crippen LogP contribution < -0.4 is 4.90 Å². The Bertz CT molecular complexity index is 790. The van der Waals surface area contributed by atoms with Gasteiger partial charge in [0.25, 0.3) is 0 Å². The van der Waals surface area contributed by atoms with Gasteiger partial charge in [0.05, 0.1) is 11.1 Å². The fraction of sp³-hybridized carbons (Fsp3) is 0.333. The second-order valence-corrected chi connectivity index (χ2v) is 7.27. The van der Waals surface area contributed by atoms with Crippen LogP contribution in [0, 0.1) is 12.7 Å². The summed E-state index contributed by atoms with van der Waals surface area (Å²) < 4.78 is 40.1. The van der Waals surface area contributed by atoms with Crippen LogP contribution in [0.2, 0.25) is 0 Å². The topological polar surface area (TPSA) is 66.4 Å². The number of piperazine rings is 1. The van der Waals surface area contributed by atoms with Crippen LogP contribution in [0.5, 0.6) is 0 Å². The van der Waals surface area contributed by atoms with Crippen LogP contribution in [0.4, 0.5) is 10.2 Å². The molecule has 3 rings (SSSR count). The van der Waals surface area contributed by atoms with Gasteiger partial charge in [-0.2, -0.15) is 4.31 Å². The van der Waals surface area contributed by atoms with Crippen LogP contribution in [0.15, 0.2) is 41.7 Å². The lowest BCUT2D eigenvalue weighted by atomic mass is 10.2. The first-order valence-corrected chi connectivity index (χ1v) is 8.70. The summed E-state index contributed by atoms with van der Waals surface area (Å²) in [5.41, 5.74) is 0.418. The third-order valence-electron chi connectivity index (χ3n) is 3.87. The molecule has 0 amide bonds. The predicted molar refractivity (Wildman–Crippen MR) is 84.1 cm³/mol. The van der Waals surface area contributed by atoms with Crippen molar-refractivity contribution in [3.8, 4) is 0 Å². The number of aryl methyl sites for hydroxylation is 1. The number of anilines is 1.